The van der Waals surface area contributed by atoms with E-state index in [0.717, 1.165) is 25.1 Å². The number of carbonyl (C=O) groups excluding carboxylic acids is 1. The molecule has 10 nitrogen and oxygen atoms in total. The maximum absolute atomic E-state index is 13.4. The Hall–Kier alpha value is -2.85. The third-order valence-electron chi connectivity index (χ3n) is 6.85. The van der Waals surface area contributed by atoms with Gasteiger partial charge >= 0.3 is 24.4 Å². The van der Waals surface area contributed by atoms with Gasteiger partial charge in [0.15, 0.2) is 5.69 Å². The normalized spacial score (nSPS) is 19.6. The molecule has 1 aliphatic rings. The lowest BCUT2D eigenvalue weighted by molar-refractivity contribution is -0.150. The number of rotatable bonds is 10. The number of nitrogens with zero attached hydrogens (tertiary/aromatic N) is 3. The number of anilines is 1. The molecule has 42 heavy (non-hydrogen) atoms. The van der Waals surface area contributed by atoms with Crippen LogP contribution in [0.15, 0.2) is 12.3 Å². The van der Waals surface area contributed by atoms with Gasteiger partial charge in [-0.25, -0.2) is 4.98 Å². The number of ether oxygens (including phenoxy) is 1. The summed E-state index contributed by atoms with van der Waals surface area (Å²) in [5.41, 5.74) is -1.32. The molecule has 1 atom stereocenters. The molecule has 17 heteroatoms. The van der Waals surface area contributed by atoms with Crippen molar-refractivity contribution in [1.82, 2.24) is 20.1 Å². The van der Waals surface area contributed by atoms with Crippen LogP contribution in [0.4, 0.5) is 27.8 Å². The van der Waals surface area contributed by atoms with E-state index in [1.165, 1.54) is 18.5 Å². The molecule has 0 aromatic carbocycles. The number of amides is 1. The molecule has 0 saturated heterocycles. The molecule has 236 valence electrons. The van der Waals surface area contributed by atoms with Gasteiger partial charge in [-0.2, -0.15) is 35.5 Å². The topological polar surface area (TPSA) is 135 Å². The first-order chi connectivity index (χ1) is 19.6. The van der Waals surface area contributed by atoms with Crippen molar-refractivity contribution in [3.63, 3.8) is 0 Å². The summed E-state index contributed by atoms with van der Waals surface area (Å²) < 4.78 is 89.4. The number of carbonyl (C=O) groups is 1. The van der Waals surface area contributed by atoms with Gasteiger partial charge in [0.05, 0.1) is 21.9 Å². The quantitative estimate of drug-likeness (QED) is 0.300. The van der Waals surface area contributed by atoms with Gasteiger partial charge in [-0.1, -0.05) is 32.4 Å². The second kappa shape index (κ2) is 15.0. The molecule has 0 bridgehead atoms. The molecule has 0 spiro atoms. The number of aryl methyl sites for hydroxylation is 1. The number of aromatic nitrogens is 3. The van der Waals surface area contributed by atoms with Crippen molar-refractivity contribution >= 4 is 34.9 Å². The van der Waals surface area contributed by atoms with Gasteiger partial charge in [0.25, 0.3) is 5.91 Å². The minimum Gasteiger partial charge on any atom is -0.434 e. The number of hydrogen-bond donors (Lipinski definition) is 3. The summed E-state index contributed by atoms with van der Waals surface area (Å²) in [4.78, 5) is 16.9. The zero-order chi connectivity index (χ0) is 31.8. The number of hydrogen-bond acceptors (Lipinski definition) is 8. The molecule has 0 unspecified atom stereocenters. The summed E-state index contributed by atoms with van der Waals surface area (Å²) in [6.45, 7) is 3.34. The Balaban J connectivity index is 0.00000197. The highest BCUT2D eigenvalue weighted by Gasteiger charge is 2.42. The summed E-state index contributed by atoms with van der Waals surface area (Å²) in [5, 5.41) is 19.7. The molecule has 2 heterocycles. The third-order valence-corrected chi connectivity index (χ3v) is 7.21. The van der Waals surface area contributed by atoms with Gasteiger partial charge < -0.3 is 20.5 Å². The van der Waals surface area contributed by atoms with Crippen LogP contribution in [0.1, 0.15) is 63.9 Å². The Bertz CT molecular complexity index is 1250. The zero-order valence-electron chi connectivity index (χ0n) is 23.3. The highest BCUT2D eigenvalue weighted by molar-refractivity contribution is 7.51. The smallest absolute Gasteiger partial charge is 0.408 e. The molecule has 2 aromatic heterocycles. The standard InChI is InChI=1S/C25H33ClF5N5O3.O2S/c1-5-36-20(18(26)19(35-36)22(37)33-12-24(38)8-6-14(4)7-9-24)15-11-32-17(10-16(15)39-23(27)28)34-21(13(2)3)25(29,30)31;1-3-2/h10-11,13-14,21,23,38H,5-9,12H2,1-4H3,(H,32,34)(H,33,37);/t14?,21-,24?;/m0./s1. The van der Waals surface area contributed by atoms with Gasteiger partial charge in [-0.05, 0) is 44.4 Å². The van der Waals surface area contributed by atoms with E-state index in [2.05, 4.69) is 32.4 Å². The molecule has 1 saturated carbocycles. The van der Waals surface area contributed by atoms with Crippen LogP contribution in [0, 0.1) is 11.8 Å². The van der Waals surface area contributed by atoms with Crippen LogP contribution in [0.3, 0.4) is 0 Å². The maximum atomic E-state index is 13.4. The van der Waals surface area contributed by atoms with Gasteiger partial charge in [-0.15, -0.1) is 0 Å². The fourth-order valence-electron chi connectivity index (χ4n) is 4.55. The molecule has 0 aliphatic heterocycles. The van der Waals surface area contributed by atoms with E-state index in [4.69, 9.17) is 20.0 Å². The summed E-state index contributed by atoms with van der Waals surface area (Å²) >= 11 is 5.76. The molecule has 3 rings (SSSR count). The molecule has 1 aliphatic carbocycles. The Kier molecular flexibility index (Phi) is 12.7. The predicted octanol–water partition coefficient (Wildman–Crippen LogP) is 5.22. The first kappa shape index (κ1) is 35.3. The van der Waals surface area contributed by atoms with E-state index in [9.17, 15) is 31.9 Å². The molecule has 0 radical (unpaired) electrons. The van der Waals surface area contributed by atoms with E-state index >= 15 is 0 Å². The van der Waals surface area contributed by atoms with Crippen molar-refractivity contribution in [2.45, 2.75) is 84.4 Å². The Morgan fingerprint density at radius 2 is 1.88 bits per heavy atom. The minimum atomic E-state index is -4.62. The number of alkyl halides is 5. The van der Waals surface area contributed by atoms with E-state index in [1.807, 2.05) is 0 Å². The summed E-state index contributed by atoms with van der Waals surface area (Å²) in [5.74, 6) is -1.90. The van der Waals surface area contributed by atoms with E-state index in [0.29, 0.717) is 18.8 Å². The average Bonchev–Trinajstić information content (AvgIpc) is 3.23. The SMILES string of the molecule is CCn1nc(C(=O)NCC2(O)CCC(C)CC2)c(Cl)c1-c1cnc(N[C@@H](C(C)C)C(F)(F)F)cc1OC(F)F.O=S=O. The highest BCUT2D eigenvalue weighted by atomic mass is 35.5. The number of nitrogens with one attached hydrogen (secondary N) is 2. The van der Waals surface area contributed by atoms with Crippen LogP contribution < -0.4 is 15.4 Å². The number of pyridine rings is 1. The van der Waals surface area contributed by atoms with Crippen LogP contribution in [-0.4, -0.2) is 65.2 Å². The van der Waals surface area contributed by atoms with Crippen LogP contribution in [0.2, 0.25) is 5.02 Å². The van der Waals surface area contributed by atoms with Crippen LogP contribution in [0.25, 0.3) is 11.3 Å². The van der Waals surface area contributed by atoms with E-state index < -0.39 is 53.6 Å². The highest BCUT2D eigenvalue weighted by Crippen LogP contribution is 2.39. The summed E-state index contributed by atoms with van der Waals surface area (Å²) in [6.07, 6.45) is -0.864. The van der Waals surface area contributed by atoms with E-state index in [1.54, 1.807) is 6.92 Å². The molecular weight excluding hydrogens is 613 g/mol. The number of halogens is 6. The lowest BCUT2D eigenvalue weighted by atomic mass is 9.79. The Morgan fingerprint density at radius 3 is 2.38 bits per heavy atom. The second-order valence-corrected chi connectivity index (χ2v) is 10.9. The lowest BCUT2D eigenvalue weighted by Crippen LogP contribution is -2.45. The Morgan fingerprint density at radius 1 is 1.29 bits per heavy atom. The maximum Gasteiger partial charge on any atom is 0.408 e. The molecule has 1 amide bonds. The van der Waals surface area contributed by atoms with Crippen molar-refractivity contribution in [1.29, 1.82) is 0 Å². The van der Waals surface area contributed by atoms with Gasteiger partial charge in [0.2, 0.25) is 0 Å². The number of aliphatic hydroxyl groups is 1. The van der Waals surface area contributed by atoms with Crippen molar-refractivity contribution in [2.75, 3.05) is 11.9 Å². The predicted molar refractivity (Wildman–Crippen MR) is 145 cm³/mol. The lowest BCUT2D eigenvalue weighted by Gasteiger charge is -2.34. The van der Waals surface area contributed by atoms with Gasteiger partial charge in [0.1, 0.15) is 17.6 Å². The first-order valence-electron chi connectivity index (χ1n) is 13.0. The van der Waals surface area contributed by atoms with Crippen molar-refractivity contribution in [2.24, 2.45) is 11.8 Å². The van der Waals surface area contributed by atoms with Crippen LogP contribution in [-0.2, 0) is 18.1 Å². The first-order valence-corrected chi connectivity index (χ1v) is 14.1. The largest absolute Gasteiger partial charge is 0.434 e. The van der Waals surface area contributed by atoms with Crippen molar-refractivity contribution in [3.05, 3.63) is 23.0 Å². The van der Waals surface area contributed by atoms with Gasteiger partial charge in [-0.3, -0.25) is 9.48 Å². The summed E-state index contributed by atoms with van der Waals surface area (Å²) in [6, 6.07) is -1.07. The fraction of sp³-hybridized carbons (Fsp3) is 0.640. The average molecular weight is 646 g/mol. The summed E-state index contributed by atoms with van der Waals surface area (Å²) in [7, 11) is 0. The molecule has 1 fully saturated rings. The molecule has 3 N–H and O–H groups in total. The van der Waals surface area contributed by atoms with Crippen molar-refractivity contribution < 1.29 is 45.0 Å². The van der Waals surface area contributed by atoms with E-state index in [-0.39, 0.29) is 40.9 Å². The fourth-order valence-corrected chi connectivity index (χ4v) is 4.87. The van der Waals surface area contributed by atoms with Crippen LogP contribution >= 0.6 is 11.6 Å². The zero-order valence-corrected chi connectivity index (χ0v) is 24.9. The Labute approximate surface area is 248 Å². The van der Waals surface area contributed by atoms with Crippen LogP contribution in [0.5, 0.6) is 5.75 Å². The molecule has 2 aromatic rings. The van der Waals surface area contributed by atoms with Gasteiger partial charge in [0, 0.05) is 25.4 Å². The second-order valence-electron chi connectivity index (χ2n) is 10.3. The third kappa shape index (κ3) is 9.33. The monoisotopic (exact) mass is 645 g/mol. The molecular formula is C25H33ClF5N5O5S. The van der Waals surface area contributed by atoms with Crippen molar-refractivity contribution in [3.8, 4) is 17.0 Å². The minimum absolute atomic E-state index is 0.0128.